The summed E-state index contributed by atoms with van der Waals surface area (Å²) in [5, 5.41) is 11.5. The van der Waals surface area contributed by atoms with Crippen LogP contribution < -0.4 is 10.9 Å². The highest BCUT2D eigenvalue weighted by Gasteiger charge is 2.11. The van der Waals surface area contributed by atoms with Crippen molar-refractivity contribution in [1.29, 1.82) is 0 Å². The van der Waals surface area contributed by atoms with Crippen LogP contribution in [-0.2, 0) is 11.3 Å². The smallest absolute Gasteiger partial charge is 0.323 e. The summed E-state index contributed by atoms with van der Waals surface area (Å²) in [6, 6.07) is 0.0552. The molecule has 1 heterocycles. The van der Waals surface area contributed by atoms with Crippen LogP contribution >= 0.6 is 15.9 Å². The minimum absolute atomic E-state index is 0.0552. The van der Waals surface area contributed by atoms with Crippen LogP contribution in [0.1, 0.15) is 13.8 Å². The molecule has 2 N–H and O–H groups in total. The summed E-state index contributed by atoms with van der Waals surface area (Å²) in [4.78, 5) is 26.3. The van der Waals surface area contributed by atoms with Gasteiger partial charge in [-0.05, 0) is 29.8 Å². The first-order valence-corrected chi connectivity index (χ1v) is 5.44. The summed E-state index contributed by atoms with van der Waals surface area (Å²) >= 11 is 3.09. The predicted octanol–water partition coefficient (Wildman–Crippen LogP) is 0.911. The van der Waals surface area contributed by atoms with Crippen LogP contribution in [-0.4, -0.2) is 26.7 Å². The van der Waals surface area contributed by atoms with Gasteiger partial charge in [0.05, 0.1) is 6.20 Å². The molecule has 6 nitrogen and oxygen atoms in total. The molecule has 0 fully saturated rings. The van der Waals surface area contributed by atoms with Crippen LogP contribution in [0.15, 0.2) is 15.6 Å². The molecule has 0 radical (unpaired) electrons. The molecular formula is C9H12BrN3O3. The standard InChI is InChI=1S/C9H12BrN3O3/c1-5(2)12-8-9(16)13(4-7(14)15)6(10)3-11-8/h3,5H,4H2,1-2H3,(H,11,12)(H,14,15). The molecule has 7 heteroatoms. The van der Waals surface area contributed by atoms with E-state index in [4.69, 9.17) is 5.11 Å². The number of aliphatic carboxylic acids is 1. The van der Waals surface area contributed by atoms with Crippen molar-refractivity contribution in [1.82, 2.24) is 9.55 Å². The lowest BCUT2D eigenvalue weighted by atomic mass is 10.4. The third-order valence-electron chi connectivity index (χ3n) is 1.72. The maximum atomic E-state index is 11.8. The molecule has 16 heavy (non-hydrogen) atoms. The van der Waals surface area contributed by atoms with Gasteiger partial charge in [0.1, 0.15) is 11.1 Å². The van der Waals surface area contributed by atoms with Crippen LogP contribution in [0, 0.1) is 0 Å². The molecule has 0 aliphatic heterocycles. The van der Waals surface area contributed by atoms with Gasteiger partial charge >= 0.3 is 5.97 Å². The average Bonchev–Trinajstić information content (AvgIpc) is 2.16. The normalized spacial score (nSPS) is 10.5. The van der Waals surface area contributed by atoms with Gasteiger partial charge < -0.3 is 10.4 Å². The number of anilines is 1. The van der Waals surface area contributed by atoms with Gasteiger partial charge in [-0.2, -0.15) is 0 Å². The first-order valence-electron chi connectivity index (χ1n) is 4.65. The van der Waals surface area contributed by atoms with Crippen LogP contribution in [0.5, 0.6) is 0 Å². The number of nitrogens with zero attached hydrogens (tertiary/aromatic N) is 2. The molecule has 0 saturated heterocycles. The Hall–Kier alpha value is -1.37. The van der Waals surface area contributed by atoms with Crippen LogP contribution in [0.2, 0.25) is 0 Å². The fourth-order valence-corrected chi connectivity index (χ4v) is 1.51. The van der Waals surface area contributed by atoms with E-state index in [1.807, 2.05) is 13.8 Å². The Labute approximate surface area is 100 Å². The molecule has 1 aromatic heterocycles. The number of hydrogen-bond acceptors (Lipinski definition) is 4. The van der Waals surface area contributed by atoms with Crippen molar-refractivity contribution in [3.05, 3.63) is 21.2 Å². The lowest BCUT2D eigenvalue weighted by Gasteiger charge is -2.11. The minimum atomic E-state index is -1.08. The maximum Gasteiger partial charge on any atom is 0.323 e. The molecule has 0 bridgehead atoms. The van der Waals surface area contributed by atoms with Gasteiger partial charge in [-0.15, -0.1) is 0 Å². The number of aromatic nitrogens is 2. The third-order valence-corrected chi connectivity index (χ3v) is 2.36. The lowest BCUT2D eigenvalue weighted by Crippen LogP contribution is -2.29. The number of halogens is 1. The number of rotatable bonds is 4. The molecule has 0 aliphatic carbocycles. The van der Waals surface area contributed by atoms with E-state index in [0.717, 1.165) is 4.57 Å². The number of hydrogen-bond donors (Lipinski definition) is 2. The average molecular weight is 290 g/mol. The fourth-order valence-electron chi connectivity index (χ4n) is 1.12. The Kier molecular flexibility index (Phi) is 4.05. The van der Waals surface area contributed by atoms with Gasteiger partial charge in [0, 0.05) is 6.04 Å². The second-order valence-electron chi connectivity index (χ2n) is 3.51. The van der Waals surface area contributed by atoms with E-state index in [-0.39, 0.29) is 11.9 Å². The van der Waals surface area contributed by atoms with E-state index in [9.17, 15) is 9.59 Å². The van der Waals surface area contributed by atoms with E-state index >= 15 is 0 Å². The second-order valence-corrected chi connectivity index (χ2v) is 4.33. The van der Waals surface area contributed by atoms with Crippen molar-refractivity contribution in [3.63, 3.8) is 0 Å². The molecule has 88 valence electrons. The predicted molar refractivity (Wildman–Crippen MR) is 62.6 cm³/mol. The molecule has 0 atom stereocenters. The molecule has 0 aromatic carbocycles. The third kappa shape index (κ3) is 3.06. The highest BCUT2D eigenvalue weighted by molar-refractivity contribution is 9.10. The van der Waals surface area contributed by atoms with E-state index < -0.39 is 18.1 Å². The van der Waals surface area contributed by atoms with Crippen molar-refractivity contribution < 1.29 is 9.90 Å². The number of nitrogens with one attached hydrogen (secondary N) is 1. The highest BCUT2D eigenvalue weighted by Crippen LogP contribution is 2.07. The SMILES string of the molecule is CC(C)Nc1ncc(Br)n(CC(=O)O)c1=O. The Bertz CT molecular complexity index is 456. The maximum absolute atomic E-state index is 11.8. The van der Waals surface area contributed by atoms with E-state index in [1.165, 1.54) is 6.20 Å². The Morgan fingerprint density at radius 3 is 2.81 bits per heavy atom. The van der Waals surface area contributed by atoms with Crippen molar-refractivity contribution in [2.75, 3.05) is 5.32 Å². The Morgan fingerprint density at radius 1 is 1.69 bits per heavy atom. The van der Waals surface area contributed by atoms with Crippen molar-refractivity contribution in [2.24, 2.45) is 0 Å². The first kappa shape index (κ1) is 12.7. The quantitative estimate of drug-likeness (QED) is 0.861. The molecule has 1 rings (SSSR count). The zero-order valence-electron chi connectivity index (χ0n) is 8.90. The van der Waals surface area contributed by atoms with Gasteiger partial charge in [-0.25, -0.2) is 4.98 Å². The summed E-state index contributed by atoms with van der Waals surface area (Å²) in [5.74, 6) is -0.927. The van der Waals surface area contributed by atoms with Crippen LogP contribution in [0.3, 0.4) is 0 Å². The van der Waals surface area contributed by atoms with Crippen molar-refractivity contribution in [2.45, 2.75) is 26.4 Å². The Balaban J connectivity index is 3.16. The van der Waals surface area contributed by atoms with Gasteiger partial charge in [0.15, 0.2) is 5.82 Å². The molecule has 0 spiro atoms. The first-order chi connectivity index (χ1) is 7.41. The van der Waals surface area contributed by atoms with Crippen molar-refractivity contribution >= 4 is 27.7 Å². The molecule has 0 unspecified atom stereocenters. The number of carboxylic acids is 1. The van der Waals surface area contributed by atoms with E-state index in [0.29, 0.717) is 4.60 Å². The van der Waals surface area contributed by atoms with Crippen LogP contribution in [0.4, 0.5) is 5.82 Å². The fraction of sp³-hybridized carbons (Fsp3) is 0.444. The van der Waals surface area contributed by atoms with Gasteiger partial charge in [-0.1, -0.05) is 0 Å². The molecule has 0 saturated carbocycles. The second kappa shape index (κ2) is 5.11. The molecule has 0 aliphatic rings. The number of carbonyl (C=O) groups is 1. The van der Waals surface area contributed by atoms with E-state index in [1.54, 1.807) is 0 Å². The summed E-state index contributed by atoms with van der Waals surface area (Å²) < 4.78 is 1.44. The molecule has 0 amide bonds. The molecule has 1 aromatic rings. The van der Waals surface area contributed by atoms with Crippen molar-refractivity contribution in [3.8, 4) is 0 Å². The largest absolute Gasteiger partial charge is 0.480 e. The summed E-state index contributed by atoms with van der Waals surface area (Å²) in [6.45, 7) is 3.34. The monoisotopic (exact) mass is 289 g/mol. The van der Waals surface area contributed by atoms with Gasteiger partial charge in [0.2, 0.25) is 0 Å². The summed E-state index contributed by atoms with van der Waals surface area (Å²) in [5.41, 5.74) is -0.453. The number of carboxylic acid groups (broad SMARTS) is 1. The highest BCUT2D eigenvalue weighted by atomic mass is 79.9. The van der Waals surface area contributed by atoms with E-state index in [2.05, 4.69) is 26.2 Å². The summed E-state index contributed by atoms with van der Waals surface area (Å²) in [7, 11) is 0. The summed E-state index contributed by atoms with van der Waals surface area (Å²) in [6.07, 6.45) is 1.40. The zero-order valence-corrected chi connectivity index (χ0v) is 10.5. The van der Waals surface area contributed by atoms with Crippen LogP contribution in [0.25, 0.3) is 0 Å². The lowest BCUT2D eigenvalue weighted by molar-refractivity contribution is -0.137. The molecular weight excluding hydrogens is 278 g/mol. The topological polar surface area (TPSA) is 84.2 Å². The van der Waals surface area contributed by atoms with Gasteiger partial charge in [-0.3, -0.25) is 14.2 Å². The van der Waals surface area contributed by atoms with Gasteiger partial charge in [0.25, 0.3) is 5.56 Å². The minimum Gasteiger partial charge on any atom is -0.480 e. The Morgan fingerprint density at radius 2 is 2.31 bits per heavy atom. The zero-order chi connectivity index (χ0) is 12.3.